The molecule has 0 spiro atoms. The summed E-state index contributed by atoms with van der Waals surface area (Å²) in [6, 6.07) is 0. The van der Waals surface area contributed by atoms with Crippen molar-refractivity contribution in [3.05, 3.63) is 17.5 Å². The quantitative estimate of drug-likeness (QED) is 0.849. The van der Waals surface area contributed by atoms with E-state index in [9.17, 15) is 13.2 Å². The Kier molecular flexibility index (Phi) is 4.67. The molecule has 1 amide bonds. The number of nitrogens with one attached hydrogen (secondary N) is 1. The predicted octanol–water partition coefficient (Wildman–Crippen LogP) is 0.0163. The molecule has 21 heavy (non-hydrogen) atoms. The molecule has 0 saturated carbocycles. The van der Waals surface area contributed by atoms with E-state index in [1.165, 1.54) is 10.6 Å². The fourth-order valence-electron chi connectivity index (χ4n) is 2.50. The molecule has 0 radical (unpaired) electrons. The van der Waals surface area contributed by atoms with Crippen LogP contribution in [0.4, 0.5) is 0 Å². The molecule has 1 saturated heterocycles. The molecule has 118 valence electrons. The molecule has 7 nitrogen and oxygen atoms in total. The Morgan fingerprint density at radius 1 is 1.52 bits per heavy atom. The Morgan fingerprint density at radius 2 is 2.24 bits per heavy atom. The lowest BCUT2D eigenvalue weighted by atomic mass is 9.99. The van der Waals surface area contributed by atoms with E-state index in [4.69, 9.17) is 0 Å². The van der Waals surface area contributed by atoms with Crippen molar-refractivity contribution in [2.24, 2.45) is 13.0 Å². The van der Waals surface area contributed by atoms with Gasteiger partial charge in [0.1, 0.15) is 0 Å². The van der Waals surface area contributed by atoms with E-state index in [2.05, 4.69) is 10.4 Å². The molecule has 1 aliphatic heterocycles. The molecule has 2 heterocycles. The molecule has 1 fully saturated rings. The molecule has 1 N–H and O–H groups in total. The number of sulfonamides is 1. The average Bonchev–Trinajstić information content (AvgIpc) is 2.75. The van der Waals surface area contributed by atoms with Gasteiger partial charge in [0.05, 0.1) is 18.4 Å². The number of aryl methyl sites for hydroxylation is 1. The van der Waals surface area contributed by atoms with Crippen molar-refractivity contribution in [2.45, 2.75) is 26.3 Å². The maximum absolute atomic E-state index is 12.2. The summed E-state index contributed by atoms with van der Waals surface area (Å²) < 4.78 is 26.3. The number of aromatic nitrogens is 2. The molecule has 0 aromatic carbocycles. The summed E-state index contributed by atoms with van der Waals surface area (Å²) in [5.41, 5.74) is 1.98. The lowest BCUT2D eigenvalue weighted by Crippen LogP contribution is -2.44. The summed E-state index contributed by atoms with van der Waals surface area (Å²) in [5.74, 6) is -0.364. The number of amides is 1. The van der Waals surface area contributed by atoms with Gasteiger partial charge in [-0.1, -0.05) is 0 Å². The number of rotatable bonds is 4. The molecular formula is C13H22N4O3S. The van der Waals surface area contributed by atoms with Crippen LogP contribution >= 0.6 is 0 Å². The van der Waals surface area contributed by atoms with Gasteiger partial charge in [-0.2, -0.15) is 5.10 Å². The summed E-state index contributed by atoms with van der Waals surface area (Å²) in [6.45, 7) is 3.15. The van der Waals surface area contributed by atoms with Gasteiger partial charge in [0.15, 0.2) is 0 Å². The van der Waals surface area contributed by atoms with Crippen LogP contribution in [-0.4, -0.2) is 47.8 Å². The molecule has 8 heteroatoms. The minimum absolute atomic E-state index is 0.0911. The molecule has 1 aliphatic rings. The maximum Gasteiger partial charge on any atom is 0.224 e. The highest BCUT2D eigenvalue weighted by atomic mass is 32.2. The molecule has 1 aromatic rings. The highest BCUT2D eigenvalue weighted by Gasteiger charge is 2.30. The molecule has 0 bridgehead atoms. The van der Waals surface area contributed by atoms with E-state index in [0.717, 1.165) is 24.1 Å². The Balaban J connectivity index is 1.93. The van der Waals surface area contributed by atoms with Crippen molar-refractivity contribution in [3.8, 4) is 0 Å². The Bertz CT molecular complexity index is 623. The van der Waals surface area contributed by atoms with Crippen LogP contribution in [0.15, 0.2) is 6.20 Å². The largest absolute Gasteiger partial charge is 0.352 e. The minimum Gasteiger partial charge on any atom is -0.352 e. The van der Waals surface area contributed by atoms with E-state index in [0.29, 0.717) is 13.1 Å². The van der Waals surface area contributed by atoms with E-state index in [1.807, 2.05) is 14.0 Å². The van der Waals surface area contributed by atoms with Gasteiger partial charge in [0, 0.05) is 37.9 Å². The Hall–Kier alpha value is -1.41. The third-order valence-electron chi connectivity index (χ3n) is 4.01. The van der Waals surface area contributed by atoms with Gasteiger partial charge in [-0.3, -0.25) is 9.48 Å². The van der Waals surface area contributed by atoms with Gasteiger partial charge in [-0.05, 0) is 19.8 Å². The summed E-state index contributed by atoms with van der Waals surface area (Å²) in [7, 11) is -1.37. The molecule has 1 aromatic heterocycles. The number of piperidine rings is 1. The van der Waals surface area contributed by atoms with Crippen LogP contribution in [0.25, 0.3) is 0 Å². The Labute approximate surface area is 125 Å². The van der Waals surface area contributed by atoms with Gasteiger partial charge in [0.25, 0.3) is 0 Å². The van der Waals surface area contributed by atoms with Crippen LogP contribution in [0.2, 0.25) is 0 Å². The van der Waals surface area contributed by atoms with Crippen molar-refractivity contribution in [3.63, 3.8) is 0 Å². The summed E-state index contributed by atoms with van der Waals surface area (Å²) in [5, 5.41) is 7.01. The lowest BCUT2D eigenvalue weighted by Gasteiger charge is -2.30. The summed E-state index contributed by atoms with van der Waals surface area (Å²) in [4.78, 5) is 12.2. The average molecular weight is 314 g/mol. The van der Waals surface area contributed by atoms with Crippen LogP contribution in [0, 0.1) is 12.8 Å². The Morgan fingerprint density at radius 3 is 2.81 bits per heavy atom. The zero-order valence-electron chi connectivity index (χ0n) is 12.7. The van der Waals surface area contributed by atoms with E-state index in [1.54, 1.807) is 10.9 Å². The van der Waals surface area contributed by atoms with Crippen molar-refractivity contribution >= 4 is 15.9 Å². The number of hydrogen-bond donors (Lipinski definition) is 1. The van der Waals surface area contributed by atoms with Gasteiger partial charge < -0.3 is 5.32 Å². The zero-order chi connectivity index (χ0) is 15.6. The van der Waals surface area contributed by atoms with Gasteiger partial charge >= 0.3 is 0 Å². The summed E-state index contributed by atoms with van der Waals surface area (Å²) >= 11 is 0. The first-order valence-corrected chi connectivity index (χ1v) is 8.84. The molecule has 0 aliphatic carbocycles. The van der Waals surface area contributed by atoms with Crippen molar-refractivity contribution in [1.82, 2.24) is 19.4 Å². The lowest BCUT2D eigenvalue weighted by molar-refractivity contribution is -0.126. The molecule has 2 rings (SSSR count). The van der Waals surface area contributed by atoms with Crippen LogP contribution in [0.3, 0.4) is 0 Å². The molecule has 1 atom stereocenters. The van der Waals surface area contributed by atoms with Crippen LogP contribution in [0.5, 0.6) is 0 Å². The second-order valence-corrected chi connectivity index (χ2v) is 7.54. The first kappa shape index (κ1) is 16.0. The maximum atomic E-state index is 12.2. The molecule has 1 unspecified atom stereocenters. The van der Waals surface area contributed by atoms with Crippen molar-refractivity contribution in [1.29, 1.82) is 0 Å². The fraction of sp³-hybridized carbons (Fsp3) is 0.692. The topological polar surface area (TPSA) is 84.3 Å². The fourth-order valence-corrected chi connectivity index (χ4v) is 3.41. The third-order valence-corrected chi connectivity index (χ3v) is 5.28. The SMILES string of the molecule is Cc1c(CNC(=O)C2CCCN(S(C)(=O)=O)C2)cnn1C. The van der Waals surface area contributed by atoms with Gasteiger partial charge in [0.2, 0.25) is 15.9 Å². The normalized spacial score (nSPS) is 20.4. The highest BCUT2D eigenvalue weighted by Crippen LogP contribution is 2.19. The second-order valence-electron chi connectivity index (χ2n) is 5.56. The molecular weight excluding hydrogens is 292 g/mol. The number of carbonyl (C=O) groups excluding carboxylic acids is 1. The summed E-state index contributed by atoms with van der Waals surface area (Å²) in [6.07, 6.45) is 4.37. The second kappa shape index (κ2) is 6.15. The van der Waals surface area contributed by atoms with E-state index >= 15 is 0 Å². The first-order chi connectivity index (χ1) is 9.79. The number of hydrogen-bond acceptors (Lipinski definition) is 4. The van der Waals surface area contributed by atoms with E-state index in [-0.39, 0.29) is 18.4 Å². The van der Waals surface area contributed by atoms with Crippen molar-refractivity contribution in [2.75, 3.05) is 19.3 Å². The smallest absolute Gasteiger partial charge is 0.224 e. The van der Waals surface area contributed by atoms with Crippen LogP contribution in [-0.2, 0) is 28.4 Å². The van der Waals surface area contributed by atoms with Crippen molar-refractivity contribution < 1.29 is 13.2 Å². The van der Waals surface area contributed by atoms with Crippen LogP contribution in [0.1, 0.15) is 24.1 Å². The van der Waals surface area contributed by atoms with Gasteiger partial charge in [-0.25, -0.2) is 12.7 Å². The van der Waals surface area contributed by atoms with E-state index < -0.39 is 10.0 Å². The predicted molar refractivity (Wildman–Crippen MR) is 78.9 cm³/mol. The third kappa shape index (κ3) is 3.82. The number of carbonyl (C=O) groups is 1. The van der Waals surface area contributed by atoms with Gasteiger partial charge in [-0.15, -0.1) is 0 Å². The zero-order valence-corrected chi connectivity index (χ0v) is 13.5. The first-order valence-electron chi connectivity index (χ1n) is 6.99. The highest BCUT2D eigenvalue weighted by molar-refractivity contribution is 7.88. The standard InChI is InChI=1S/C13H22N4O3S/c1-10-12(8-15-16(10)2)7-14-13(18)11-5-4-6-17(9-11)21(3,19)20/h8,11H,4-7,9H2,1-3H3,(H,14,18). The monoisotopic (exact) mass is 314 g/mol. The van der Waals surface area contributed by atoms with Crippen LogP contribution < -0.4 is 5.32 Å². The minimum atomic E-state index is -3.22. The number of nitrogens with zero attached hydrogens (tertiary/aromatic N) is 3.